The molecule has 1 saturated heterocycles. The fourth-order valence-corrected chi connectivity index (χ4v) is 1.27. The van der Waals surface area contributed by atoms with Crippen molar-refractivity contribution in [2.45, 2.75) is 38.3 Å². The van der Waals surface area contributed by atoms with Crippen molar-refractivity contribution in [1.29, 1.82) is 0 Å². The molecule has 0 radical (unpaired) electrons. The summed E-state index contributed by atoms with van der Waals surface area (Å²) in [5.41, 5.74) is 4.61. The van der Waals surface area contributed by atoms with Crippen LogP contribution < -0.4 is 11.1 Å². The highest BCUT2D eigenvalue weighted by Gasteiger charge is 2.40. The maximum absolute atomic E-state index is 11.6. The van der Waals surface area contributed by atoms with Gasteiger partial charge in [-0.3, -0.25) is 0 Å². The van der Waals surface area contributed by atoms with Gasteiger partial charge in [-0.15, -0.1) is 0 Å². The minimum Gasteiger partial charge on any atom is -0.459 e. The highest BCUT2D eigenvalue weighted by molar-refractivity contribution is 5.81. The number of hydrogen-bond acceptors (Lipinski definition) is 4. The van der Waals surface area contributed by atoms with Crippen LogP contribution in [0.3, 0.4) is 0 Å². The highest BCUT2D eigenvalue weighted by atomic mass is 16.6. The van der Waals surface area contributed by atoms with E-state index in [1.54, 1.807) is 0 Å². The van der Waals surface area contributed by atoms with Crippen LogP contribution in [0.25, 0.3) is 0 Å². The first-order valence-corrected chi connectivity index (χ1v) is 4.57. The van der Waals surface area contributed by atoms with Gasteiger partial charge in [-0.05, 0) is 33.7 Å². The molecule has 1 aliphatic rings. The summed E-state index contributed by atoms with van der Waals surface area (Å²) in [6, 6.07) is 0. The Morgan fingerprint density at radius 3 is 2.54 bits per heavy atom. The molecule has 0 bridgehead atoms. The van der Waals surface area contributed by atoms with Crippen molar-refractivity contribution in [3.8, 4) is 0 Å². The summed E-state index contributed by atoms with van der Waals surface area (Å²) in [5.74, 6) is -0.301. The Labute approximate surface area is 78.8 Å². The van der Waals surface area contributed by atoms with Gasteiger partial charge in [-0.2, -0.15) is 0 Å². The van der Waals surface area contributed by atoms with E-state index >= 15 is 0 Å². The molecule has 0 aliphatic carbocycles. The van der Waals surface area contributed by atoms with E-state index in [1.165, 1.54) is 0 Å². The zero-order chi connectivity index (χ0) is 10.1. The van der Waals surface area contributed by atoms with Crippen LogP contribution >= 0.6 is 0 Å². The third-order valence-electron chi connectivity index (χ3n) is 1.99. The van der Waals surface area contributed by atoms with E-state index in [9.17, 15) is 4.79 Å². The van der Waals surface area contributed by atoms with Crippen molar-refractivity contribution in [3.05, 3.63) is 0 Å². The van der Waals surface area contributed by atoms with Gasteiger partial charge in [0.1, 0.15) is 11.1 Å². The molecule has 0 aromatic rings. The number of carbonyl (C=O) groups excluding carboxylic acids is 1. The van der Waals surface area contributed by atoms with Crippen LogP contribution in [-0.2, 0) is 9.53 Å². The second kappa shape index (κ2) is 3.27. The molecule has 1 heterocycles. The van der Waals surface area contributed by atoms with Crippen LogP contribution in [0.5, 0.6) is 0 Å². The topological polar surface area (TPSA) is 64.3 Å². The Kier molecular flexibility index (Phi) is 2.63. The SMILES string of the molecule is CC(C)(C)OC(=O)[C@@]1(N)CCNC1. The van der Waals surface area contributed by atoms with Gasteiger partial charge in [0, 0.05) is 6.54 Å². The molecule has 0 amide bonds. The first-order chi connectivity index (χ1) is 5.83. The number of hydrogen-bond donors (Lipinski definition) is 2. The minimum absolute atomic E-state index is 0.301. The van der Waals surface area contributed by atoms with E-state index in [-0.39, 0.29) is 5.97 Å². The molecule has 76 valence electrons. The summed E-state index contributed by atoms with van der Waals surface area (Å²) in [5, 5.41) is 3.05. The van der Waals surface area contributed by atoms with Gasteiger partial charge < -0.3 is 15.8 Å². The number of esters is 1. The molecule has 4 nitrogen and oxygen atoms in total. The molecule has 0 aromatic heterocycles. The predicted molar refractivity (Wildman–Crippen MR) is 50.3 cm³/mol. The van der Waals surface area contributed by atoms with Crippen LogP contribution in [0.4, 0.5) is 0 Å². The van der Waals surface area contributed by atoms with Crippen molar-refractivity contribution in [3.63, 3.8) is 0 Å². The van der Waals surface area contributed by atoms with E-state index < -0.39 is 11.1 Å². The quantitative estimate of drug-likeness (QED) is 0.567. The predicted octanol–water partition coefficient (Wildman–Crippen LogP) is 0.0189. The molecule has 0 aromatic carbocycles. The Hall–Kier alpha value is -0.610. The van der Waals surface area contributed by atoms with E-state index in [0.29, 0.717) is 13.0 Å². The standard InChI is InChI=1S/C9H18N2O2/c1-8(2,3)13-7(12)9(10)4-5-11-6-9/h11H,4-6,10H2,1-3H3/t9-/m1/s1. The van der Waals surface area contributed by atoms with Crippen molar-refractivity contribution >= 4 is 5.97 Å². The number of carbonyl (C=O) groups is 1. The lowest BCUT2D eigenvalue weighted by Crippen LogP contribution is -2.52. The van der Waals surface area contributed by atoms with Gasteiger partial charge in [0.05, 0.1) is 0 Å². The molecular weight excluding hydrogens is 168 g/mol. The summed E-state index contributed by atoms with van der Waals surface area (Å²) in [6.07, 6.45) is 0.655. The fourth-order valence-electron chi connectivity index (χ4n) is 1.27. The molecule has 0 spiro atoms. The number of ether oxygens (including phenoxy) is 1. The Balaban J connectivity index is 2.57. The summed E-state index contributed by atoms with van der Waals surface area (Å²) >= 11 is 0. The Morgan fingerprint density at radius 1 is 1.54 bits per heavy atom. The van der Waals surface area contributed by atoms with Crippen LogP contribution in [-0.4, -0.2) is 30.2 Å². The molecule has 4 heteroatoms. The third-order valence-corrected chi connectivity index (χ3v) is 1.99. The monoisotopic (exact) mass is 186 g/mol. The van der Waals surface area contributed by atoms with Crippen molar-refractivity contribution in [1.82, 2.24) is 5.32 Å². The van der Waals surface area contributed by atoms with Crippen LogP contribution in [0.1, 0.15) is 27.2 Å². The van der Waals surface area contributed by atoms with Crippen LogP contribution in [0.2, 0.25) is 0 Å². The largest absolute Gasteiger partial charge is 0.459 e. The maximum Gasteiger partial charge on any atom is 0.328 e. The lowest BCUT2D eigenvalue weighted by molar-refractivity contribution is -0.160. The molecule has 1 rings (SSSR count). The number of rotatable bonds is 1. The maximum atomic E-state index is 11.6. The smallest absolute Gasteiger partial charge is 0.328 e. The zero-order valence-corrected chi connectivity index (χ0v) is 8.52. The lowest BCUT2D eigenvalue weighted by Gasteiger charge is -2.27. The average Bonchev–Trinajstić information content (AvgIpc) is 2.33. The van der Waals surface area contributed by atoms with Gasteiger partial charge in [0.2, 0.25) is 0 Å². The summed E-state index contributed by atoms with van der Waals surface area (Å²) in [7, 11) is 0. The number of nitrogens with two attached hydrogens (primary N) is 1. The van der Waals surface area contributed by atoms with Crippen LogP contribution in [0, 0.1) is 0 Å². The summed E-state index contributed by atoms with van der Waals surface area (Å²) in [4.78, 5) is 11.6. The zero-order valence-electron chi connectivity index (χ0n) is 8.52. The highest BCUT2D eigenvalue weighted by Crippen LogP contribution is 2.17. The molecule has 0 unspecified atom stereocenters. The Bertz CT molecular complexity index is 202. The fraction of sp³-hybridized carbons (Fsp3) is 0.889. The van der Waals surface area contributed by atoms with Crippen molar-refractivity contribution in [2.75, 3.05) is 13.1 Å². The lowest BCUT2D eigenvalue weighted by atomic mass is 10.0. The summed E-state index contributed by atoms with van der Waals surface area (Å²) < 4.78 is 5.22. The average molecular weight is 186 g/mol. The molecule has 1 fully saturated rings. The van der Waals surface area contributed by atoms with Gasteiger partial charge in [-0.25, -0.2) is 4.79 Å². The molecule has 1 atom stereocenters. The van der Waals surface area contributed by atoms with Gasteiger partial charge in [-0.1, -0.05) is 0 Å². The van der Waals surface area contributed by atoms with Crippen LogP contribution in [0.15, 0.2) is 0 Å². The van der Waals surface area contributed by atoms with Gasteiger partial charge >= 0.3 is 5.97 Å². The van der Waals surface area contributed by atoms with E-state index in [0.717, 1.165) is 6.54 Å². The van der Waals surface area contributed by atoms with Gasteiger partial charge in [0.25, 0.3) is 0 Å². The van der Waals surface area contributed by atoms with E-state index in [2.05, 4.69) is 5.32 Å². The van der Waals surface area contributed by atoms with Crippen molar-refractivity contribution < 1.29 is 9.53 Å². The molecule has 3 N–H and O–H groups in total. The first-order valence-electron chi connectivity index (χ1n) is 4.57. The second-order valence-electron chi connectivity index (χ2n) is 4.58. The minimum atomic E-state index is -0.812. The Morgan fingerprint density at radius 2 is 2.15 bits per heavy atom. The van der Waals surface area contributed by atoms with Crippen molar-refractivity contribution in [2.24, 2.45) is 5.73 Å². The third kappa shape index (κ3) is 2.67. The normalized spacial score (nSPS) is 28.9. The summed E-state index contributed by atoms with van der Waals surface area (Å²) in [6.45, 7) is 6.83. The molecule has 1 aliphatic heterocycles. The molecule has 0 saturated carbocycles. The molecular formula is C9H18N2O2. The van der Waals surface area contributed by atoms with E-state index in [4.69, 9.17) is 10.5 Å². The van der Waals surface area contributed by atoms with Gasteiger partial charge in [0.15, 0.2) is 0 Å². The molecule has 13 heavy (non-hydrogen) atoms. The number of nitrogens with one attached hydrogen (secondary N) is 1. The van der Waals surface area contributed by atoms with E-state index in [1.807, 2.05) is 20.8 Å². The second-order valence-corrected chi connectivity index (χ2v) is 4.58. The first kappa shape index (κ1) is 10.5.